The number of fused-ring (bicyclic) bond motifs is 1. The van der Waals surface area contributed by atoms with Gasteiger partial charge < -0.3 is 15.3 Å². The van der Waals surface area contributed by atoms with Crippen LogP contribution in [0.1, 0.15) is 23.2 Å². The van der Waals surface area contributed by atoms with Gasteiger partial charge in [0.1, 0.15) is 0 Å². The number of hydrogen-bond acceptors (Lipinski definition) is 4. The Labute approximate surface area is 161 Å². The van der Waals surface area contributed by atoms with E-state index in [0.29, 0.717) is 17.9 Å². The van der Waals surface area contributed by atoms with Gasteiger partial charge in [0.15, 0.2) is 0 Å². The summed E-state index contributed by atoms with van der Waals surface area (Å²) in [5.74, 6) is 0.224. The first-order chi connectivity index (χ1) is 13.0. The van der Waals surface area contributed by atoms with Gasteiger partial charge in [0.2, 0.25) is 5.91 Å². The van der Waals surface area contributed by atoms with Crippen LogP contribution in [0.2, 0.25) is 0 Å². The Bertz CT molecular complexity index is 855. The fraction of sp³-hybridized carbons (Fsp3) is 0.350. The maximum Gasteiger partial charge on any atom is 0.305 e. The first kappa shape index (κ1) is 19.2. The van der Waals surface area contributed by atoms with Crippen molar-refractivity contribution in [1.29, 1.82) is 0 Å². The summed E-state index contributed by atoms with van der Waals surface area (Å²) in [7, 11) is 0. The molecule has 0 aliphatic carbocycles. The summed E-state index contributed by atoms with van der Waals surface area (Å²) in [6, 6.07) is 13.0. The Hall–Kier alpha value is -2.54. The maximum absolute atomic E-state index is 12.5. The molecule has 0 radical (unpaired) electrons. The standard InChI is InChI=1S/C20H22N2O4S/c23-18(22-9-10-27-13-17(22)12-19(24)25)7-8-21-20(26)16-6-5-14-3-1-2-4-15(14)11-16/h1-6,11,17H,7-10,12-13H2,(H,21,26)(H,24,25). The van der Waals surface area contributed by atoms with Gasteiger partial charge in [-0.1, -0.05) is 30.3 Å². The molecular weight excluding hydrogens is 364 g/mol. The predicted octanol–water partition coefficient (Wildman–Crippen LogP) is 2.38. The summed E-state index contributed by atoms with van der Waals surface area (Å²) in [6.07, 6.45) is 0.127. The van der Waals surface area contributed by atoms with Crippen LogP contribution in [0.3, 0.4) is 0 Å². The summed E-state index contributed by atoms with van der Waals surface area (Å²) in [5.41, 5.74) is 0.555. The van der Waals surface area contributed by atoms with Crippen molar-refractivity contribution >= 4 is 40.3 Å². The molecule has 1 atom stereocenters. The fourth-order valence-electron chi connectivity index (χ4n) is 3.21. The summed E-state index contributed by atoms with van der Waals surface area (Å²) < 4.78 is 0. The Morgan fingerprint density at radius 1 is 1.15 bits per heavy atom. The lowest BCUT2D eigenvalue weighted by molar-refractivity contribution is -0.140. The van der Waals surface area contributed by atoms with Crippen molar-refractivity contribution in [2.45, 2.75) is 18.9 Å². The highest BCUT2D eigenvalue weighted by Crippen LogP contribution is 2.20. The highest BCUT2D eigenvalue weighted by molar-refractivity contribution is 7.99. The van der Waals surface area contributed by atoms with E-state index >= 15 is 0 Å². The number of rotatable bonds is 6. The third kappa shape index (κ3) is 5.01. The zero-order valence-corrected chi connectivity index (χ0v) is 15.7. The summed E-state index contributed by atoms with van der Waals surface area (Å²) in [4.78, 5) is 37.4. The van der Waals surface area contributed by atoms with Gasteiger partial charge in [-0.15, -0.1) is 0 Å². The van der Waals surface area contributed by atoms with Crippen molar-refractivity contribution < 1.29 is 19.5 Å². The van der Waals surface area contributed by atoms with Crippen LogP contribution in [0.4, 0.5) is 0 Å². The Balaban J connectivity index is 1.53. The first-order valence-electron chi connectivity index (χ1n) is 8.90. The van der Waals surface area contributed by atoms with Gasteiger partial charge in [-0.05, 0) is 22.9 Å². The molecule has 1 aliphatic heterocycles. The van der Waals surface area contributed by atoms with Gasteiger partial charge in [-0.25, -0.2) is 0 Å². The van der Waals surface area contributed by atoms with Crippen molar-refractivity contribution in [2.24, 2.45) is 0 Å². The fourth-order valence-corrected chi connectivity index (χ4v) is 4.28. The van der Waals surface area contributed by atoms with E-state index in [9.17, 15) is 14.4 Å². The molecule has 0 bridgehead atoms. The molecule has 2 aromatic rings. The Kier molecular flexibility index (Phi) is 6.34. The van der Waals surface area contributed by atoms with E-state index in [1.54, 1.807) is 22.7 Å². The van der Waals surface area contributed by atoms with Crippen LogP contribution in [-0.2, 0) is 9.59 Å². The molecule has 0 aromatic heterocycles. The van der Waals surface area contributed by atoms with E-state index in [4.69, 9.17) is 5.11 Å². The van der Waals surface area contributed by atoms with Crippen LogP contribution in [-0.4, -0.2) is 58.4 Å². The van der Waals surface area contributed by atoms with Crippen molar-refractivity contribution in [1.82, 2.24) is 10.2 Å². The third-order valence-corrected chi connectivity index (χ3v) is 5.69. The quantitative estimate of drug-likeness (QED) is 0.796. The number of benzene rings is 2. The predicted molar refractivity (Wildman–Crippen MR) is 106 cm³/mol. The van der Waals surface area contributed by atoms with Crippen LogP contribution in [0.5, 0.6) is 0 Å². The zero-order chi connectivity index (χ0) is 19.2. The molecule has 1 aliphatic rings. The highest BCUT2D eigenvalue weighted by atomic mass is 32.2. The average Bonchev–Trinajstić information content (AvgIpc) is 2.67. The molecule has 142 valence electrons. The summed E-state index contributed by atoms with van der Waals surface area (Å²) >= 11 is 1.67. The number of aliphatic carboxylic acids is 1. The molecule has 1 fully saturated rings. The van der Waals surface area contributed by atoms with Gasteiger partial charge in [0.25, 0.3) is 5.91 Å². The summed E-state index contributed by atoms with van der Waals surface area (Å²) in [6.45, 7) is 0.786. The minimum absolute atomic E-state index is 0.0395. The number of carbonyl (C=O) groups excluding carboxylic acids is 2. The lowest BCUT2D eigenvalue weighted by Crippen LogP contribution is -2.47. The maximum atomic E-state index is 12.5. The third-order valence-electron chi connectivity index (χ3n) is 4.59. The van der Waals surface area contributed by atoms with E-state index in [-0.39, 0.29) is 37.2 Å². The van der Waals surface area contributed by atoms with E-state index in [0.717, 1.165) is 16.5 Å². The SMILES string of the molecule is O=C(O)CC1CSCCN1C(=O)CCNC(=O)c1ccc2ccccc2c1. The Morgan fingerprint density at radius 2 is 1.93 bits per heavy atom. The monoisotopic (exact) mass is 386 g/mol. The number of carbonyl (C=O) groups is 3. The molecule has 0 saturated carbocycles. The van der Waals surface area contributed by atoms with Crippen LogP contribution in [0.15, 0.2) is 42.5 Å². The first-order valence-corrected chi connectivity index (χ1v) is 10.1. The van der Waals surface area contributed by atoms with Gasteiger partial charge >= 0.3 is 5.97 Å². The number of nitrogens with zero attached hydrogens (tertiary/aromatic N) is 1. The van der Waals surface area contributed by atoms with Gasteiger partial charge in [0.05, 0.1) is 12.5 Å². The Morgan fingerprint density at radius 3 is 2.70 bits per heavy atom. The van der Waals surface area contributed by atoms with E-state index in [1.807, 2.05) is 36.4 Å². The minimum atomic E-state index is -0.898. The average molecular weight is 386 g/mol. The van der Waals surface area contributed by atoms with Crippen molar-refractivity contribution in [3.05, 3.63) is 48.0 Å². The lowest BCUT2D eigenvalue weighted by atomic mass is 10.1. The number of carboxylic acid groups (broad SMARTS) is 1. The van der Waals surface area contributed by atoms with Crippen molar-refractivity contribution in [3.63, 3.8) is 0 Å². The van der Waals surface area contributed by atoms with Crippen molar-refractivity contribution in [3.8, 4) is 0 Å². The van der Waals surface area contributed by atoms with Crippen LogP contribution in [0, 0.1) is 0 Å². The second-order valence-electron chi connectivity index (χ2n) is 6.48. The molecule has 6 nitrogen and oxygen atoms in total. The minimum Gasteiger partial charge on any atom is -0.481 e. The van der Waals surface area contributed by atoms with Gasteiger partial charge in [0, 0.05) is 36.6 Å². The molecule has 1 unspecified atom stereocenters. The topological polar surface area (TPSA) is 86.7 Å². The number of nitrogens with one attached hydrogen (secondary N) is 1. The highest BCUT2D eigenvalue weighted by Gasteiger charge is 2.28. The molecule has 1 heterocycles. The molecule has 2 N–H and O–H groups in total. The van der Waals surface area contributed by atoms with E-state index in [1.165, 1.54) is 0 Å². The normalized spacial score (nSPS) is 16.9. The number of carboxylic acids is 1. The molecule has 3 rings (SSSR count). The molecule has 1 saturated heterocycles. The van der Waals surface area contributed by atoms with E-state index in [2.05, 4.69) is 5.32 Å². The smallest absolute Gasteiger partial charge is 0.305 e. The van der Waals surface area contributed by atoms with Crippen LogP contribution < -0.4 is 5.32 Å². The van der Waals surface area contributed by atoms with Gasteiger partial charge in [-0.3, -0.25) is 14.4 Å². The molecule has 2 aromatic carbocycles. The molecule has 27 heavy (non-hydrogen) atoms. The molecule has 2 amide bonds. The molecule has 7 heteroatoms. The van der Waals surface area contributed by atoms with Crippen LogP contribution >= 0.6 is 11.8 Å². The number of hydrogen-bond donors (Lipinski definition) is 2. The number of amides is 2. The zero-order valence-electron chi connectivity index (χ0n) is 14.9. The second-order valence-corrected chi connectivity index (χ2v) is 7.63. The second kappa shape index (κ2) is 8.90. The van der Waals surface area contributed by atoms with Gasteiger partial charge in [-0.2, -0.15) is 11.8 Å². The van der Waals surface area contributed by atoms with Crippen LogP contribution in [0.25, 0.3) is 10.8 Å². The largest absolute Gasteiger partial charge is 0.481 e. The van der Waals surface area contributed by atoms with Crippen molar-refractivity contribution in [2.75, 3.05) is 24.6 Å². The summed E-state index contributed by atoms with van der Waals surface area (Å²) in [5, 5.41) is 13.8. The molecule has 0 spiro atoms. The lowest BCUT2D eigenvalue weighted by Gasteiger charge is -2.34. The molecular formula is C20H22N2O4S. The number of thioether (sulfide) groups is 1. The van der Waals surface area contributed by atoms with E-state index < -0.39 is 5.97 Å².